The van der Waals surface area contributed by atoms with Crippen LogP contribution in [0.15, 0.2) is 84.9 Å². The lowest BCUT2D eigenvalue weighted by atomic mass is 10.1. The Morgan fingerprint density at radius 3 is 1.52 bits per heavy atom. The molecule has 0 N–H and O–H groups in total. The second-order valence-corrected chi connectivity index (χ2v) is 7.54. The Kier molecular flexibility index (Phi) is 5.24. The van der Waals surface area contributed by atoms with Gasteiger partial charge in [-0.25, -0.2) is 0 Å². The highest BCUT2D eigenvalue weighted by atomic mass is 31.2. The summed E-state index contributed by atoms with van der Waals surface area (Å²) in [6.07, 6.45) is -0.0129. The molecule has 0 saturated carbocycles. The number of rotatable bonds is 6. The van der Waals surface area contributed by atoms with Crippen molar-refractivity contribution in [3.05, 3.63) is 84.9 Å². The molecule has 0 amide bonds. The van der Waals surface area contributed by atoms with Crippen molar-refractivity contribution in [1.82, 2.24) is 0 Å². The van der Waals surface area contributed by atoms with Crippen molar-refractivity contribution >= 4 is 30.1 Å². The lowest BCUT2D eigenvalue weighted by molar-refractivity contribution is 0.210. The molecule has 4 aromatic rings. The second kappa shape index (κ2) is 7.96. The smallest absolute Gasteiger partial charge is 0.417 e. The molecular weight excluding hydrogens is 355 g/mol. The van der Waals surface area contributed by atoms with Crippen molar-refractivity contribution in [3.63, 3.8) is 0 Å². The van der Waals surface area contributed by atoms with E-state index >= 15 is 0 Å². The van der Waals surface area contributed by atoms with Gasteiger partial charge in [0, 0.05) is 10.8 Å². The molecule has 3 nitrogen and oxygen atoms in total. The lowest BCUT2D eigenvalue weighted by Crippen LogP contribution is -2.06. The molecule has 0 unspecified atom stereocenters. The van der Waals surface area contributed by atoms with Crippen LogP contribution in [0, 0.1) is 0 Å². The zero-order chi connectivity index (χ0) is 18.6. The van der Waals surface area contributed by atoms with Gasteiger partial charge in [-0.1, -0.05) is 72.8 Å². The van der Waals surface area contributed by atoms with E-state index in [0.717, 1.165) is 33.0 Å². The van der Waals surface area contributed by atoms with Gasteiger partial charge in [0.15, 0.2) is 0 Å². The molecule has 0 saturated heterocycles. The van der Waals surface area contributed by atoms with Gasteiger partial charge in [-0.05, 0) is 36.8 Å². The van der Waals surface area contributed by atoms with Crippen LogP contribution < -0.4 is 9.05 Å². The summed E-state index contributed by atoms with van der Waals surface area (Å²) in [7, 11) is -1.60. The van der Waals surface area contributed by atoms with Crippen molar-refractivity contribution in [2.75, 3.05) is 0 Å². The fourth-order valence-electron chi connectivity index (χ4n) is 2.94. The van der Waals surface area contributed by atoms with Crippen LogP contribution in [0.1, 0.15) is 13.8 Å². The Morgan fingerprint density at radius 1 is 0.593 bits per heavy atom. The quantitative estimate of drug-likeness (QED) is 0.336. The maximum absolute atomic E-state index is 6.21. The molecular formula is C23H21O3P. The number of hydrogen-bond acceptors (Lipinski definition) is 3. The average Bonchev–Trinajstić information content (AvgIpc) is 2.68. The first-order valence-electron chi connectivity index (χ1n) is 8.99. The topological polar surface area (TPSA) is 27.7 Å². The van der Waals surface area contributed by atoms with E-state index in [4.69, 9.17) is 13.6 Å². The minimum absolute atomic E-state index is 0.0129. The van der Waals surface area contributed by atoms with Crippen LogP contribution in [-0.4, -0.2) is 6.10 Å². The monoisotopic (exact) mass is 376 g/mol. The van der Waals surface area contributed by atoms with Crippen LogP contribution in [0.5, 0.6) is 11.5 Å². The maximum Gasteiger partial charge on any atom is 0.463 e. The highest BCUT2D eigenvalue weighted by Gasteiger charge is 2.21. The fourth-order valence-corrected chi connectivity index (χ4v) is 4.05. The zero-order valence-corrected chi connectivity index (χ0v) is 16.2. The van der Waals surface area contributed by atoms with Gasteiger partial charge in [-0.2, -0.15) is 0 Å². The van der Waals surface area contributed by atoms with Gasteiger partial charge < -0.3 is 9.05 Å². The first-order valence-corrected chi connectivity index (χ1v) is 10.1. The summed E-state index contributed by atoms with van der Waals surface area (Å²) in [4.78, 5) is 0. The highest BCUT2D eigenvalue weighted by Crippen LogP contribution is 2.45. The summed E-state index contributed by atoms with van der Waals surface area (Å²) in [5.41, 5.74) is 0. The Balaban J connectivity index is 1.67. The Labute approximate surface area is 160 Å². The van der Waals surface area contributed by atoms with Gasteiger partial charge >= 0.3 is 8.60 Å². The summed E-state index contributed by atoms with van der Waals surface area (Å²) in [6, 6.07) is 28.3. The summed E-state index contributed by atoms with van der Waals surface area (Å²) in [6.45, 7) is 3.96. The van der Waals surface area contributed by atoms with Crippen LogP contribution in [-0.2, 0) is 4.52 Å². The van der Waals surface area contributed by atoms with Gasteiger partial charge in [0.25, 0.3) is 0 Å². The maximum atomic E-state index is 6.21. The Hall–Kier alpha value is -2.61. The van der Waals surface area contributed by atoms with Crippen LogP contribution in [0.25, 0.3) is 21.5 Å². The standard InChI is InChI=1S/C23H21O3P/c1-17(2)24-27(25-22-15-7-11-18-9-3-5-13-20(18)22)26-23-16-8-12-19-10-4-6-14-21(19)23/h3-17H,1-2H3. The molecule has 0 heterocycles. The molecule has 0 spiro atoms. The first kappa shape index (κ1) is 17.8. The molecule has 0 aliphatic heterocycles. The Morgan fingerprint density at radius 2 is 1.04 bits per heavy atom. The molecule has 0 fully saturated rings. The summed E-state index contributed by atoms with van der Waals surface area (Å²) in [5.74, 6) is 1.53. The first-order chi connectivity index (χ1) is 13.2. The number of hydrogen-bond donors (Lipinski definition) is 0. The molecule has 27 heavy (non-hydrogen) atoms. The van der Waals surface area contributed by atoms with Crippen LogP contribution in [0.2, 0.25) is 0 Å². The minimum atomic E-state index is -1.60. The molecule has 4 heteroatoms. The fraction of sp³-hybridized carbons (Fsp3) is 0.130. The third-order valence-corrected chi connectivity index (χ3v) is 5.43. The number of fused-ring (bicyclic) bond motifs is 2. The van der Waals surface area contributed by atoms with Gasteiger partial charge in [-0.3, -0.25) is 4.52 Å². The predicted molar refractivity (Wildman–Crippen MR) is 112 cm³/mol. The van der Waals surface area contributed by atoms with Crippen molar-refractivity contribution in [3.8, 4) is 11.5 Å². The molecule has 0 atom stereocenters. The minimum Gasteiger partial charge on any atom is -0.417 e. The van der Waals surface area contributed by atoms with Crippen LogP contribution in [0.4, 0.5) is 0 Å². The van der Waals surface area contributed by atoms with E-state index in [-0.39, 0.29) is 6.10 Å². The third-order valence-electron chi connectivity index (χ3n) is 4.14. The highest BCUT2D eigenvalue weighted by molar-refractivity contribution is 7.42. The van der Waals surface area contributed by atoms with Gasteiger partial charge in [0.2, 0.25) is 0 Å². The molecule has 0 aliphatic carbocycles. The number of benzene rings is 4. The lowest BCUT2D eigenvalue weighted by Gasteiger charge is -2.21. The average molecular weight is 376 g/mol. The zero-order valence-electron chi connectivity index (χ0n) is 15.3. The molecule has 136 valence electrons. The molecule has 4 rings (SSSR count). The molecule has 0 bridgehead atoms. The molecule has 0 aliphatic rings. The van der Waals surface area contributed by atoms with Crippen molar-refractivity contribution in [2.24, 2.45) is 0 Å². The normalized spacial score (nSPS) is 11.4. The third kappa shape index (κ3) is 4.05. The largest absolute Gasteiger partial charge is 0.463 e. The summed E-state index contributed by atoms with van der Waals surface area (Å²) < 4.78 is 18.4. The molecule has 0 aromatic heterocycles. The van der Waals surface area contributed by atoms with E-state index in [1.54, 1.807) is 0 Å². The van der Waals surface area contributed by atoms with E-state index in [0.29, 0.717) is 0 Å². The van der Waals surface area contributed by atoms with Gasteiger partial charge in [0.1, 0.15) is 11.5 Å². The SMILES string of the molecule is CC(C)OP(Oc1cccc2ccccc12)Oc1cccc2ccccc12. The van der Waals surface area contributed by atoms with Gasteiger partial charge in [0.05, 0.1) is 6.10 Å². The second-order valence-electron chi connectivity index (χ2n) is 6.51. The van der Waals surface area contributed by atoms with E-state index in [1.807, 2.05) is 74.5 Å². The van der Waals surface area contributed by atoms with Crippen LogP contribution in [0.3, 0.4) is 0 Å². The summed E-state index contributed by atoms with van der Waals surface area (Å²) >= 11 is 0. The predicted octanol–water partition coefficient (Wildman–Crippen LogP) is 7.10. The van der Waals surface area contributed by atoms with E-state index in [9.17, 15) is 0 Å². The van der Waals surface area contributed by atoms with Crippen molar-refractivity contribution in [2.45, 2.75) is 20.0 Å². The van der Waals surface area contributed by atoms with Crippen LogP contribution >= 0.6 is 8.60 Å². The van der Waals surface area contributed by atoms with Crippen molar-refractivity contribution in [1.29, 1.82) is 0 Å². The van der Waals surface area contributed by atoms with E-state index < -0.39 is 8.60 Å². The van der Waals surface area contributed by atoms with E-state index in [1.165, 1.54) is 0 Å². The molecule has 4 aromatic carbocycles. The van der Waals surface area contributed by atoms with E-state index in [2.05, 4.69) is 24.3 Å². The molecule has 0 radical (unpaired) electrons. The summed E-state index contributed by atoms with van der Waals surface area (Å²) in [5, 5.41) is 4.34. The van der Waals surface area contributed by atoms with Crippen molar-refractivity contribution < 1.29 is 13.6 Å². The van der Waals surface area contributed by atoms with Gasteiger partial charge in [-0.15, -0.1) is 0 Å². The Bertz CT molecular complexity index is 970.